The van der Waals surface area contributed by atoms with Gasteiger partial charge in [0.1, 0.15) is 0 Å². The van der Waals surface area contributed by atoms with Crippen molar-refractivity contribution >= 4 is 12.1 Å². The van der Waals surface area contributed by atoms with Crippen molar-refractivity contribution in [2.24, 2.45) is 4.99 Å². The zero-order valence-corrected chi connectivity index (χ0v) is 5.24. The van der Waals surface area contributed by atoms with Crippen LogP contribution in [0.1, 0.15) is 6.42 Å². The molecule has 0 radical (unpaired) electrons. The molecule has 0 aromatic heterocycles. The number of aliphatic imine (C=N–C) groups is 1. The van der Waals surface area contributed by atoms with Gasteiger partial charge in [-0.15, -0.1) is 0 Å². The second-order valence-electron chi connectivity index (χ2n) is 1.84. The summed E-state index contributed by atoms with van der Waals surface area (Å²) in [5.74, 6) is 0.0764. The molecule has 0 N–H and O–H groups in total. The molecule has 1 aliphatic heterocycles. The molecular formula is C6H8N2O. The molecule has 1 amide bonds. The van der Waals surface area contributed by atoms with E-state index < -0.39 is 0 Å². The Morgan fingerprint density at radius 2 is 2.56 bits per heavy atom. The number of hydrogen-bond acceptors (Lipinski definition) is 2. The molecule has 0 atom stereocenters. The molecule has 9 heavy (non-hydrogen) atoms. The van der Waals surface area contributed by atoms with Crippen molar-refractivity contribution in [1.82, 2.24) is 4.90 Å². The predicted molar refractivity (Wildman–Crippen MR) is 35.0 cm³/mol. The highest BCUT2D eigenvalue weighted by Gasteiger charge is 2.03. The molecule has 48 valence electrons. The second kappa shape index (κ2) is 2.44. The van der Waals surface area contributed by atoms with Crippen molar-refractivity contribution in [3.05, 3.63) is 12.4 Å². The molecule has 1 rings (SSSR count). The smallest absolute Gasteiger partial charge is 0.231 e. The zero-order chi connectivity index (χ0) is 6.69. The van der Waals surface area contributed by atoms with Gasteiger partial charge in [-0.25, -0.2) is 0 Å². The molecule has 3 heteroatoms. The minimum atomic E-state index is 0.0764. The lowest BCUT2D eigenvalue weighted by Gasteiger charge is -2.06. The van der Waals surface area contributed by atoms with E-state index in [-0.39, 0.29) is 5.91 Å². The van der Waals surface area contributed by atoms with Crippen LogP contribution in [0.3, 0.4) is 0 Å². The number of amides is 1. The summed E-state index contributed by atoms with van der Waals surface area (Å²) < 4.78 is 0. The van der Waals surface area contributed by atoms with Crippen LogP contribution in [0.2, 0.25) is 0 Å². The van der Waals surface area contributed by atoms with Crippen molar-refractivity contribution in [3.63, 3.8) is 0 Å². The van der Waals surface area contributed by atoms with Crippen LogP contribution in [0.4, 0.5) is 0 Å². The van der Waals surface area contributed by atoms with Crippen LogP contribution >= 0.6 is 0 Å². The van der Waals surface area contributed by atoms with E-state index in [1.807, 2.05) is 0 Å². The van der Waals surface area contributed by atoms with Crippen LogP contribution < -0.4 is 0 Å². The lowest BCUT2D eigenvalue weighted by Crippen LogP contribution is -2.19. The molecule has 0 saturated heterocycles. The standard InChI is InChI=1S/C6H8N2O/c1-8-5-4-7-3-2-6(8)9/h3-5H,2H2,1H3. The molecule has 0 bridgehead atoms. The van der Waals surface area contributed by atoms with E-state index in [0.717, 1.165) is 0 Å². The summed E-state index contributed by atoms with van der Waals surface area (Å²) >= 11 is 0. The summed E-state index contributed by atoms with van der Waals surface area (Å²) in [6, 6.07) is 0. The first kappa shape index (κ1) is 6.01. The van der Waals surface area contributed by atoms with Crippen LogP contribution in [-0.4, -0.2) is 24.1 Å². The largest absolute Gasteiger partial charge is 0.320 e. The van der Waals surface area contributed by atoms with Crippen LogP contribution in [0.15, 0.2) is 17.4 Å². The quantitative estimate of drug-likeness (QED) is 0.459. The Morgan fingerprint density at radius 1 is 1.78 bits per heavy atom. The fourth-order valence-electron chi connectivity index (χ4n) is 0.557. The van der Waals surface area contributed by atoms with Crippen molar-refractivity contribution in [2.45, 2.75) is 6.42 Å². The van der Waals surface area contributed by atoms with Gasteiger partial charge in [0.25, 0.3) is 0 Å². The summed E-state index contributed by atoms with van der Waals surface area (Å²) in [5.41, 5.74) is 0. The first-order valence-corrected chi connectivity index (χ1v) is 2.74. The molecule has 0 aliphatic carbocycles. The lowest BCUT2D eigenvalue weighted by molar-refractivity contribution is -0.126. The predicted octanol–water partition coefficient (Wildman–Crippen LogP) is 0.391. The summed E-state index contributed by atoms with van der Waals surface area (Å²) in [4.78, 5) is 16.1. The number of carbonyl (C=O) groups is 1. The molecule has 1 heterocycles. The first-order chi connectivity index (χ1) is 4.30. The van der Waals surface area contributed by atoms with Gasteiger partial charge < -0.3 is 4.90 Å². The van der Waals surface area contributed by atoms with Gasteiger partial charge in [-0.05, 0) is 0 Å². The van der Waals surface area contributed by atoms with Crippen molar-refractivity contribution in [2.75, 3.05) is 7.05 Å². The van der Waals surface area contributed by atoms with Gasteiger partial charge in [0.2, 0.25) is 5.91 Å². The van der Waals surface area contributed by atoms with Gasteiger partial charge in [-0.1, -0.05) is 0 Å². The maximum Gasteiger partial charge on any atom is 0.231 e. The van der Waals surface area contributed by atoms with Gasteiger partial charge in [-0.2, -0.15) is 0 Å². The number of hydrogen-bond donors (Lipinski definition) is 0. The van der Waals surface area contributed by atoms with Gasteiger partial charge in [0.15, 0.2) is 0 Å². The lowest BCUT2D eigenvalue weighted by atomic mass is 10.4. The Balaban J connectivity index is 2.69. The maximum absolute atomic E-state index is 10.8. The van der Waals surface area contributed by atoms with Crippen molar-refractivity contribution < 1.29 is 4.79 Å². The molecule has 0 aromatic rings. The minimum absolute atomic E-state index is 0.0764. The molecular weight excluding hydrogens is 116 g/mol. The van der Waals surface area contributed by atoms with E-state index in [9.17, 15) is 4.79 Å². The SMILES string of the molecule is CN1C=CN=CCC1=O. The Bertz CT molecular complexity index is 172. The van der Waals surface area contributed by atoms with E-state index in [1.54, 1.807) is 25.7 Å². The maximum atomic E-state index is 10.8. The third-order valence-electron chi connectivity index (χ3n) is 1.14. The number of rotatable bonds is 0. The molecule has 0 fully saturated rings. The number of nitrogens with zero attached hydrogens (tertiary/aromatic N) is 2. The van der Waals surface area contributed by atoms with E-state index in [0.29, 0.717) is 6.42 Å². The van der Waals surface area contributed by atoms with E-state index >= 15 is 0 Å². The highest BCUT2D eigenvalue weighted by atomic mass is 16.2. The van der Waals surface area contributed by atoms with Crippen molar-refractivity contribution in [3.8, 4) is 0 Å². The zero-order valence-electron chi connectivity index (χ0n) is 5.24. The normalized spacial score (nSPS) is 18.3. The Kier molecular flexibility index (Phi) is 1.63. The van der Waals surface area contributed by atoms with Gasteiger partial charge >= 0.3 is 0 Å². The topological polar surface area (TPSA) is 32.7 Å². The molecule has 0 unspecified atom stereocenters. The van der Waals surface area contributed by atoms with Gasteiger partial charge in [-0.3, -0.25) is 9.79 Å². The van der Waals surface area contributed by atoms with Crippen LogP contribution in [0, 0.1) is 0 Å². The highest BCUT2D eigenvalue weighted by Crippen LogP contribution is 1.94. The van der Waals surface area contributed by atoms with Crippen LogP contribution in [-0.2, 0) is 4.79 Å². The molecule has 1 aliphatic rings. The highest BCUT2D eigenvalue weighted by molar-refractivity contribution is 5.91. The third kappa shape index (κ3) is 1.38. The Morgan fingerprint density at radius 3 is 3.33 bits per heavy atom. The van der Waals surface area contributed by atoms with Gasteiger partial charge in [0.05, 0.1) is 6.42 Å². The monoisotopic (exact) mass is 124 g/mol. The molecule has 3 nitrogen and oxygen atoms in total. The van der Waals surface area contributed by atoms with E-state index in [1.165, 1.54) is 4.90 Å². The Hall–Kier alpha value is -1.12. The van der Waals surface area contributed by atoms with Crippen molar-refractivity contribution in [1.29, 1.82) is 0 Å². The summed E-state index contributed by atoms with van der Waals surface area (Å²) in [7, 11) is 1.72. The van der Waals surface area contributed by atoms with E-state index in [4.69, 9.17) is 0 Å². The number of carbonyl (C=O) groups excluding carboxylic acids is 1. The Labute approximate surface area is 53.7 Å². The first-order valence-electron chi connectivity index (χ1n) is 2.74. The summed E-state index contributed by atoms with van der Waals surface area (Å²) in [6.07, 6.45) is 5.25. The molecule has 0 aromatic carbocycles. The average molecular weight is 124 g/mol. The fraction of sp³-hybridized carbons (Fsp3) is 0.333. The second-order valence-corrected chi connectivity index (χ2v) is 1.84. The molecule has 0 spiro atoms. The minimum Gasteiger partial charge on any atom is -0.320 e. The average Bonchev–Trinajstić information content (AvgIpc) is 1.99. The van der Waals surface area contributed by atoms with Crippen LogP contribution in [0.25, 0.3) is 0 Å². The van der Waals surface area contributed by atoms with E-state index in [2.05, 4.69) is 4.99 Å². The van der Waals surface area contributed by atoms with Gasteiger partial charge in [0, 0.05) is 25.7 Å². The molecule has 0 saturated carbocycles. The summed E-state index contributed by atoms with van der Waals surface area (Å²) in [5, 5.41) is 0. The third-order valence-corrected chi connectivity index (χ3v) is 1.14. The summed E-state index contributed by atoms with van der Waals surface area (Å²) in [6.45, 7) is 0. The fourth-order valence-corrected chi connectivity index (χ4v) is 0.557. The van der Waals surface area contributed by atoms with Crippen LogP contribution in [0.5, 0.6) is 0 Å².